The Kier molecular flexibility index (Phi) is 6.44. The number of carbonyl (C=O) groups is 1. The smallest absolute Gasteiger partial charge is 0.258 e. The number of aromatic nitrogens is 2. The first-order valence-electron chi connectivity index (χ1n) is 11.3. The maximum Gasteiger partial charge on any atom is 0.258 e. The van der Waals surface area contributed by atoms with Gasteiger partial charge in [0.25, 0.3) is 5.91 Å². The highest BCUT2D eigenvalue weighted by Gasteiger charge is 2.31. The molecule has 2 heterocycles. The molecule has 0 aliphatic carbocycles. The molecule has 5 nitrogen and oxygen atoms in total. The van der Waals surface area contributed by atoms with Gasteiger partial charge in [0.15, 0.2) is 0 Å². The van der Waals surface area contributed by atoms with E-state index in [9.17, 15) is 9.90 Å². The highest BCUT2D eigenvalue weighted by atomic mass is 79.9. The van der Waals surface area contributed by atoms with E-state index < -0.39 is 0 Å². The van der Waals surface area contributed by atoms with Gasteiger partial charge in [-0.1, -0.05) is 51.8 Å². The van der Waals surface area contributed by atoms with Crippen LogP contribution in [0.3, 0.4) is 0 Å². The molecule has 1 fully saturated rings. The number of para-hydroxylation sites is 1. The number of nitrogens with zero attached hydrogens (tertiary/aromatic N) is 3. The van der Waals surface area contributed by atoms with Gasteiger partial charge in [-0.3, -0.25) is 4.79 Å². The van der Waals surface area contributed by atoms with Crippen molar-refractivity contribution in [1.29, 1.82) is 0 Å². The van der Waals surface area contributed by atoms with Crippen molar-refractivity contribution in [1.82, 2.24) is 14.7 Å². The molecular weight excluding hydrogens is 514 g/mol. The molecule has 0 saturated carbocycles. The lowest BCUT2D eigenvalue weighted by molar-refractivity contribution is 0.0726. The lowest BCUT2D eigenvalue weighted by Crippen LogP contribution is -2.36. The number of hydrogen-bond acceptors (Lipinski definition) is 3. The Balaban J connectivity index is 1.81. The Morgan fingerprint density at radius 1 is 0.912 bits per heavy atom. The van der Waals surface area contributed by atoms with Gasteiger partial charge in [-0.15, -0.1) is 0 Å². The summed E-state index contributed by atoms with van der Waals surface area (Å²) in [4.78, 5) is 15.9. The van der Waals surface area contributed by atoms with Crippen LogP contribution in [0.1, 0.15) is 29.6 Å². The van der Waals surface area contributed by atoms with Crippen molar-refractivity contribution in [3.63, 3.8) is 0 Å². The zero-order chi connectivity index (χ0) is 23.7. The topological polar surface area (TPSA) is 58.4 Å². The molecule has 1 aliphatic heterocycles. The van der Waals surface area contributed by atoms with Gasteiger partial charge in [-0.25, -0.2) is 4.68 Å². The average molecular weight is 537 g/mol. The molecule has 1 aliphatic rings. The summed E-state index contributed by atoms with van der Waals surface area (Å²) in [5, 5.41) is 16.4. The fourth-order valence-corrected chi connectivity index (χ4v) is 4.77. The lowest BCUT2D eigenvalue weighted by Gasteiger charge is -2.27. The van der Waals surface area contributed by atoms with Crippen molar-refractivity contribution in [3.8, 4) is 34.0 Å². The van der Waals surface area contributed by atoms with Crippen LogP contribution in [0.4, 0.5) is 0 Å². The van der Waals surface area contributed by atoms with Gasteiger partial charge in [0.1, 0.15) is 11.4 Å². The SMILES string of the molecule is O=C(c1c(-c2ccc(Cl)cc2)nn(-c2ccc(Br)cc2)c1-c1ccccc1O)N1CCCCC1. The zero-order valence-electron chi connectivity index (χ0n) is 18.4. The Morgan fingerprint density at radius 2 is 1.59 bits per heavy atom. The molecule has 1 N–H and O–H groups in total. The standard InChI is InChI=1S/C27H23BrClN3O2/c28-19-10-14-21(15-11-19)32-26(22-6-2-3-7-23(22)33)24(27(34)31-16-4-1-5-17-31)25(30-32)18-8-12-20(29)13-9-18/h2-3,6-15,33H,1,4-5,16-17H2. The molecule has 5 rings (SSSR count). The second-order valence-corrected chi connectivity index (χ2v) is 9.69. The van der Waals surface area contributed by atoms with Crippen molar-refractivity contribution >= 4 is 33.4 Å². The van der Waals surface area contributed by atoms with Crippen LogP contribution < -0.4 is 0 Å². The quantitative estimate of drug-likeness (QED) is 0.307. The van der Waals surface area contributed by atoms with Crippen LogP contribution in [0.2, 0.25) is 5.02 Å². The minimum absolute atomic E-state index is 0.0775. The third kappa shape index (κ3) is 4.36. The number of aromatic hydroxyl groups is 1. The summed E-state index contributed by atoms with van der Waals surface area (Å²) < 4.78 is 2.69. The number of phenolic OH excluding ortho intramolecular Hbond substituents is 1. The molecule has 3 aromatic carbocycles. The molecule has 7 heteroatoms. The Bertz CT molecular complexity index is 1330. The first-order valence-corrected chi connectivity index (χ1v) is 12.4. The lowest BCUT2D eigenvalue weighted by atomic mass is 9.99. The molecule has 0 unspecified atom stereocenters. The second-order valence-electron chi connectivity index (χ2n) is 8.34. The molecule has 0 radical (unpaired) electrons. The molecule has 1 amide bonds. The Hall–Kier alpha value is -3.09. The van der Waals surface area contributed by atoms with Gasteiger partial charge in [0, 0.05) is 33.7 Å². The predicted molar refractivity (Wildman–Crippen MR) is 139 cm³/mol. The number of benzene rings is 3. The maximum atomic E-state index is 14.0. The molecule has 34 heavy (non-hydrogen) atoms. The minimum atomic E-state index is -0.0775. The monoisotopic (exact) mass is 535 g/mol. The molecule has 0 bridgehead atoms. The van der Waals surface area contributed by atoms with Gasteiger partial charge < -0.3 is 10.0 Å². The van der Waals surface area contributed by atoms with Gasteiger partial charge in [0.2, 0.25) is 0 Å². The molecular formula is C27H23BrClN3O2. The third-order valence-electron chi connectivity index (χ3n) is 6.09. The van der Waals surface area contributed by atoms with Crippen LogP contribution in [-0.2, 0) is 0 Å². The number of hydrogen-bond donors (Lipinski definition) is 1. The number of piperidine rings is 1. The molecule has 0 atom stereocenters. The van der Waals surface area contributed by atoms with Crippen LogP contribution in [0.15, 0.2) is 77.3 Å². The van der Waals surface area contributed by atoms with E-state index in [0.717, 1.165) is 35.0 Å². The summed E-state index contributed by atoms with van der Waals surface area (Å²) in [5.41, 5.74) is 3.74. The minimum Gasteiger partial charge on any atom is -0.507 e. The number of likely N-dealkylation sites (tertiary alicyclic amines) is 1. The van der Waals surface area contributed by atoms with E-state index in [-0.39, 0.29) is 11.7 Å². The second kappa shape index (κ2) is 9.65. The average Bonchev–Trinajstić information content (AvgIpc) is 3.25. The van der Waals surface area contributed by atoms with Crippen molar-refractivity contribution in [2.75, 3.05) is 13.1 Å². The van der Waals surface area contributed by atoms with Crippen molar-refractivity contribution in [2.24, 2.45) is 0 Å². The largest absolute Gasteiger partial charge is 0.507 e. The summed E-state index contributed by atoms with van der Waals surface area (Å²) in [6.07, 6.45) is 3.09. The van der Waals surface area contributed by atoms with Crippen LogP contribution in [0.25, 0.3) is 28.2 Å². The highest BCUT2D eigenvalue weighted by Crippen LogP contribution is 2.39. The summed E-state index contributed by atoms with van der Waals surface area (Å²) in [6, 6.07) is 22.1. The Labute approximate surface area is 211 Å². The van der Waals surface area contributed by atoms with E-state index in [1.54, 1.807) is 28.9 Å². The van der Waals surface area contributed by atoms with Crippen LogP contribution in [0.5, 0.6) is 5.75 Å². The van der Waals surface area contributed by atoms with E-state index in [1.807, 2.05) is 53.4 Å². The first-order chi connectivity index (χ1) is 16.5. The van der Waals surface area contributed by atoms with Crippen molar-refractivity contribution < 1.29 is 9.90 Å². The van der Waals surface area contributed by atoms with E-state index in [0.29, 0.717) is 40.6 Å². The van der Waals surface area contributed by atoms with E-state index in [1.165, 1.54) is 0 Å². The first kappa shape index (κ1) is 22.7. The summed E-state index contributed by atoms with van der Waals surface area (Å²) in [7, 11) is 0. The van der Waals surface area contributed by atoms with Gasteiger partial charge in [0.05, 0.1) is 16.9 Å². The maximum absolute atomic E-state index is 14.0. The van der Waals surface area contributed by atoms with Crippen molar-refractivity contribution in [2.45, 2.75) is 19.3 Å². The van der Waals surface area contributed by atoms with Gasteiger partial charge >= 0.3 is 0 Å². The van der Waals surface area contributed by atoms with E-state index in [2.05, 4.69) is 15.9 Å². The van der Waals surface area contributed by atoms with Crippen LogP contribution in [0, 0.1) is 0 Å². The fraction of sp³-hybridized carbons (Fsp3) is 0.185. The molecule has 4 aromatic rings. The number of rotatable bonds is 4. The fourth-order valence-electron chi connectivity index (χ4n) is 4.38. The number of phenols is 1. The van der Waals surface area contributed by atoms with Gasteiger partial charge in [-0.05, 0) is 67.8 Å². The molecule has 1 aromatic heterocycles. The third-order valence-corrected chi connectivity index (χ3v) is 6.87. The summed E-state index contributed by atoms with van der Waals surface area (Å²) in [5.74, 6) is 0.0161. The van der Waals surface area contributed by atoms with E-state index in [4.69, 9.17) is 16.7 Å². The number of amides is 1. The summed E-state index contributed by atoms with van der Waals surface area (Å²) in [6.45, 7) is 1.42. The normalized spacial score (nSPS) is 13.8. The van der Waals surface area contributed by atoms with E-state index >= 15 is 0 Å². The van der Waals surface area contributed by atoms with Crippen molar-refractivity contribution in [3.05, 3.63) is 87.9 Å². The van der Waals surface area contributed by atoms with Crippen LogP contribution >= 0.6 is 27.5 Å². The highest BCUT2D eigenvalue weighted by molar-refractivity contribution is 9.10. The number of carbonyl (C=O) groups excluding carboxylic acids is 1. The predicted octanol–water partition coefficient (Wildman–Crippen LogP) is 6.95. The number of halogens is 2. The zero-order valence-corrected chi connectivity index (χ0v) is 20.8. The van der Waals surface area contributed by atoms with Gasteiger partial charge in [-0.2, -0.15) is 5.10 Å². The summed E-state index contributed by atoms with van der Waals surface area (Å²) >= 11 is 9.64. The molecule has 0 spiro atoms. The molecule has 1 saturated heterocycles. The van der Waals surface area contributed by atoms with Crippen LogP contribution in [-0.4, -0.2) is 38.8 Å². The Morgan fingerprint density at radius 3 is 2.26 bits per heavy atom. The molecule has 172 valence electrons.